The lowest BCUT2D eigenvalue weighted by atomic mass is 10.0. The van der Waals surface area contributed by atoms with Crippen LogP contribution in [0.4, 0.5) is 0 Å². The van der Waals surface area contributed by atoms with Crippen molar-refractivity contribution < 1.29 is 28.6 Å². The first kappa shape index (κ1) is 63.9. The first-order valence-electron chi connectivity index (χ1n) is 29.3. The van der Waals surface area contributed by atoms with Gasteiger partial charge in [-0.05, 0) is 70.6 Å². The van der Waals surface area contributed by atoms with E-state index in [2.05, 4.69) is 45.1 Å². The van der Waals surface area contributed by atoms with Gasteiger partial charge in [0.1, 0.15) is 13.2 Å². The molecule has 1 unspecified atom stereocenters. The van der Waals surface area contributed by atoms with Gasteiger partial charge in [0.05, 0.1) is 0 Å². The summed E-state index contributed by atoms with van der Waals surface area (Å²) < 4.78 is 16.9. The van der Waals surface area contributed by atoms with Crippen molar-refractivity contribution in [1.29, 1.82) is 0 Å². The van der Waals surface area contributed by atoms with Gasteiger partial charge in [-0.15, -0.1) is 0 Å². The zero-order valence-electron chi connectivity index (χ0n) is 44.5. The van der Waals surface area contributed by atoms with Gasteiger partial charge in [-0.1, -0.05) is 257 Å². The van der Waals surface area contributed by atoms with E-state index in [0.29, 0.717) is 19.3 Å². The molecule has 0 N–H and O–H groups in total. The van der Waals surface area contributed by atoms with Crippen molar-refractivity contribution in [2.75, 3.05) is 13.2 Å². The van der Waals surface area contributed by atoms with Gasteiger partial charge in [-0.3, -0.25) is 14.4 Å². The molecule has 1 atom stereocenters. The maximum absolute atomic E-state index is 12.8. The summed E-state index contributed by atoms with van der Waals surface area (Å²) in [7, 11) is 0. The number of rotatable bonds is 54. The largest absolute Gasteiger partial charge is 0.462 e. The van der Waals surface area contributed by atoms with Crippen molar-refractivity contribution in [2.45, 2.75) is 329 Å². The van der Waals surface area contributed by atoms with E-state index in [1.165, 1.54) is 212 Å². The van der Waals surface area contributed by atoms with Gasteiger partial charge in [-0.2, -0.15) is 0 Å². The van der Waals surface area contributed by atoms with Crippen LogP contribution in [-0.2, 0) is 28.6 Å². The number of unbranched alkanes of at least 4 members (excludes halogenated alkanes) is 39. The highest BCUT2D eigenvalue weighted by Gasteiger charge is 2.19. The van der Waals surface area contributed by atoms with Crippen LogP contribution in [0.15, 0.2) is 24.3 Å². The second kappa shape index (κ2) is 55.5. The Morgan fingerprint density at radius 2 is 0.500 bits per heavy atom. The van der Waals surface area contributed by atoms with Crippen molar-refractivity contribution >= 4 is 17.9 Å². The molecule has 388 valence electrons. The molecule has 0 amide bonds. The molecule has 0 saturated carbocycles. The minimum atomic E-state index is -0.775. The van der Waals surface area contributed by atoms with E-state index in [1.807, 2.05) is 0 Å². The highest BCUT2D eigenvalue weighted by atomic mass is 16.6. The van der Waals surface area contributed by atoms with E-state index in [4.69, 9.17) is 14.2 Å². The summed E-state index contributed by atoms with van der Waals surface area (Å²) in [5.74, 6) is -0.871. The second-order valence-electron chi connectivity index (χ2n) is 19.9. The predicted molar refractivity (Wildman–Crippen MR) is 284 cm³/mol. The van der Waals surface area contributed by atoms with E-state index >= 15 is 0 Å². The Kier molecular flexibility index (Phi) is 53.7. The van der Waals surface area contributed by atoms with Crippen molar-refractivity contribution in [1.82, 2.24) is 0 Å². The van der Waals surface area contributed by atoms with Gasteiger partial charge in [0.2, 0.25) is 0 Å². The Morgan fingerprint density at radius 3 is 0.758 bits per heavy atom. The minimum Gasteiger partial charge on any atom is -0.462 e. The van der Waals surface area contributed by atoms with Crippen LogP contribution in [0.1, 0.15) is 323 Å². The minimum absolute atomic E-state index is 0.0730. The molecule has 0 heterocycles. The molecule has 0 aliphatic carbocycles. The summed E-state index contributed by atoms with van der Waals surface area (Å²) in [5.41, 5.74) is 0. The predicted octanol–water partition coefficient (Wildman–Crippen LogP) is 19.5. The van der Waals surface area contributed by atoms with Gasteiger partial charge >= 0.3 is 17.9 Å². The van der Waals surface area contributed by atoms with Crippen LogP contribution < -0.4 is 0 Å². The van der Waals surface area contributed by atoms with Crippen molar-refractivity contribution in [3.63, 3.8) is 0 Å². The molecule has 0 saturated heterocycles. The third kappa shape index (κ3) is 52.9. The van der Waals surface area contributed by atoms with E-state index < -0.39 is 6.10 Å². The maximum Gasteiger partial charge on any atom is 0.306 e. The number of allylic oxidation sites excluding steroid dienone is 4. The first-order chi connectivity index (χ1) is 32.5. The fourth-order valence-corrected chi connectivity index (χ4v) is 8.73. The van der Waals surface area contributed by atoms with Crippen LogP contribution in [0, 0.1) is 0 Å². The second-order valence-corrected chi connectivity index (χ2v) is 19.9. The van der Waals surface area contributed by atoms with E-state index in [-0.39, 0.29) is 31.1 Å². The fourth-order valence-electron chi connectivity index (χ4n) is 8.73. The Balaban J connectivity index is 4.33. The molecular formula is C60H112O6. The number of hydrogen-bond acceptors (Lipinski definition) is 6. The average Bonchev–Trinajstić information content (AvgIpc) is 3.31. The normalized spacial score (nSPS) is 12.1. The zero-order chi connectivity index (χ0) is 47.9. The van der Waals surface area contributed by atoms with Crippen molar-refractivity contribution in [3.8, 4) is 0 Å². The molecule has 0 spiro atoms. The highest BCUT2D eigenvalue weighted by molar-refractivity contribution is 5.71. The lowest BCUT2D eigenvalue weighted by molar-refractivity contribution is -0.167. The maximum atomic E-state index is 12.8. The van der Waals surface area contributed by atoms with Crippen LogP contribution in [-0.4, -0.2) is 37.2 Å². The van der Waals surface area contributed by atoms with Crippen LogP contribution in [0.5, 0.6) is 0 Å². The summed E-state index contributed by atoms with van der Waals surface area (Å²) in [4.78, 5) is 38.1. The molecule has 0 aromatic rings. The topological polar surface area (TPSA) is 78.9 Å². The highest BCUT2D eigenvalue weighted by Crippen LogP contribution is 2.16. The van der Waals surface area contributed by atoms with Gasteiger partial charge in [0.25, 0.3) is 0 Å². The smallest absolute Gasteiger partial charge is 0.306 e. The Labute approximate surface area is 411 Å². The quantitative estimate of drug-likeness (QED) is 0.0262. The molecule has 0 aliphatic heterocycles. The SMILES string of the molecule is CCCCCCCCCCC/C=C\CCCCCCCC(=O)OCC(COC(=O)CCCCCCCCCCCCCC)OC(=O)CCCCCCC/C=C\CCCCCCCCCCC. The average molecular weight is 930 g/mol. The zero-order valence-corrected chi connectivity index (χ0v) is 44.5. The third-order valence-electron chi connectivity index (χ3n) is 13.2. The van der Waals surface area contributed by atoms with Crippen LogP contribution >= 0.6 is 0 Å². The molecule has 0 aromatic carbocycles. The van der Waals surface area contributed by atoms with Gasteiger partial charge in [0, 0.05) is 19.3 Å². The summed E-state index contributed by atoms with van der Waals surface area (Å²) >= 11 is 0. The summed E-state index contributed by atoms with van der Waals surface area (Å²) in [5, 5.41) is 0. The van der Waals surface area contributed by atoms with E-state index in [9.17, 15) is 14.4 Å². The third-order valence-corrected chi connectivity index (χ3v) is 13.2. The van der Waals surface area contributed by atoms with Crippen LogP contribution in [0.3, 0.4) is 0 Å². The summed E-state index contributed by atoms with van der Waals surface area (Å²) in [6, 6.07) is 0. The number of ether oxygens (including phenoxy) is 3. The molecule has 0 fully saturated rings. The Morgan fingerprint density at radius 1 is 0.288 bits per heavy atom. The van der Waals surface area contributed by atoms with Gasteiger partial charge in [-0.25, -0.2) is 0 Å². The molecule has 0 bridgehead atoms. The monoisotopic (exact) mass is 929 g/mol. The van der Waals surface area contributed by atoms with E-state index in [0.717, 1.165) is 70.6 Å². The van der Waals surface area contributed by atoms with E-state index in [1.54, 1.807) is 0 Å². The molecule has 6 nitrogen and oxygen atoms in total. The molecule has 0 aliphatic rings. The first-order valence-corrected chi connectivity index (χ1v) is 29.3. The molecule has 0 rings (SSSR count). The molecule has 0 radical (unpaired) electrons. The van der Waals surface area contributed by atoms with Crippen LogP contribution in [0.25, 0.3) is 0 Å². The number of carbonyl (C=O) groups is 3. The van der Waals surface area contributed by atoms with Crippen LogP contribution in [0.2, 0.25) is 0 Å². The molecule has 6 heteroatoms. The standard InChI is InChI=1S/C60H112O6/c1-4-7-10-13-16-19-22-25-27-29-31-33-35-38-41-44-47-50-53-59(62)65-56-57(55-64-58(61)52-49-46-43-40-37-24-21-18-15-12-9-6-3)66-60(63)54-51-48-45-42-39-36-34-32-30-28-26-23-20-17-14-11-8-5-2/h31-34,57H,4-30,35-56H2,1-3H3/b33-31-,34-32-. The van der Waals surface area contributed by atoms with Crippen molar-refractivity contribution in [3.05, 3.63) is 24.3 Å². The molecule has 0 aromatic heterocycles. The Bertz CT molecular complexity index is 1070. The fraction of sp³-hybridized carbons (Fsp3) is 0.883. The number of carbonyl (C=O) groups excluding carboxylic acids is 3. The number of esters is 3. The summed E-state index contributed by atoms with van der Waals surface area (Å²) in [6.07, 6.45) is 64.5. The lowest BCUT2D eigenvalue weighted by Gasteiger charge is -2.18. The molecule has 66 heavy (non-hydrogen) atoms. The summed E-state index contributed by atoms with van der Waals surface area (Å²) in [6.45, 7) is 6.67. The van der Waals surface area contributed by atoms with Gasteiger partial charge < -0.3 is 14.2 Å². The lowest BCUT2D eigenvalue weighted by Crippen LogP contribution is -2.30. The van der Waals surface area contributed by atoms with Gasteiger partial charge in [0.15, 0.2) is 6.10 Å². The van der Waals surface area contributed by atoms with Crippen molar-refractivity contribution in [2.24, 2.45) is 0 Å². The number of hydrogen-bond donors (Lipinski definition) is 0. The Hall–Kier alpha value is -2.11. The molecular weight excluding hydrogens is 817 g/mol.